The highest BCUT2D eigenvalue weighted by atomic mass is 32.1. The molecule has 0 spiro atoms. The van der Waals surface area contributed by atoms with E-state index >= 15 is 0 Å². The van der Waals surface area contributed by atoms with Gasteiger partial charge in [0.15, 0.2) is 10.6 Å². The molecule has 7 heteroatoms. The van der Waals surface area contributed by atoms with Crippen LogP contribution in [-0.4, -0.2) is 38.5 Å². The third-order valence-corrected chi connectivity index (χ3v) is 6.37. The van der Waals surface area contributed by atoms with Crippen molar-refractivity contribution >= 4 is 12.2 Å². The molecule has 1 aromatic heterocycles. The van der Waals surface area contributed by atoms with Crippen molar-refractivity contribution in [2.24, 2.45) is 0 Å². The molecule has 2 fully saturated rings. The minimum Gasteiger partial charge on any atom is -0.377 e. The monoisotopic (exact) mass is 438 g/mol. The molecule has 1 unspecified atom stereocenters. The van der Waals surface area contributed by atoms with Crippen molar-refractivity contribution in [3.05, 3.63) is 70.7 Å². The molecular weight excluding hydrogens is 411 g/mol. The van der Waals surface area contributed by atoms with Crippen LogP contribution in [0.1, 0.15) is 37.3 Å². The average Bonchev–Trinajstić information content (AvgIpc) is 3.38. The van der Waals surface area contributed by atoms with Crippen molar-refractivity contribution in [2.75, 3.05) is 13.2 Å². The number of ether oxygens (including phenoxy) is 1. The van der Waals surface area contributed by atoms with E-state index in [1.165, 1.54) is 11.6 Å². The van der Waals surface area contributed by atoms with Crippen LogP contribution in [-0.2, 0) is 18.0 Å². The Kier molecular flexibility index (Phi) is 5.98. The second-order valence-corrected chi connectivity index (χ2v) is 8.83. The average molecular weight is 439 g/mol. The van der Waals surface area contributed by atoms with Gasteiger partial charge in [-0.2, -0.15) is 5.10 Å². The maximum absolute atomic E-state index is 14.6. The fourth-order valence-corrected chi connectivity index (χ4v) is 4.61. The zero-order chi connectivity index (χ0) is 21.2. The lowest BCUT2D eigenvalue weighted by atomic mass is 10.2. The van der Waals surface area contributed by atoms with E-state index in [-0.39, 0.29) is 11.9 Å². The van der Waals surface area contributed by atoms with Gasteiger partial charge >= 0.3 is 0 Å². The molecule has 1 atom stereocenters. The molecule has 2 heterocycles. The van der Waals surface area contributed by atoms with Crippen molar-refractivity contribution in [2.45, 2.75) is 51.0 Å². The van der Waals surface area contributed by atoms with Gasteiger partial charge in [-0.3, -0.25) is 9.47 Å². The lowest BCUT2D eigenvalue weighted by Crippen LogP contribution is -2.34. The second-order valence-electron chi connectivity index (χ2n) is 8.46. The van der Waals surface area contributed by atoms with Crippen molar-refractivity contribution in [3.63, 3.8) is 0 Å². The lowest BCUT2D eigenvalue weighted by Gasteiger charge is -2.25. The molecule has 1 aliphatic carbocycles. The number of hydrogen-bond acceptors (Lipinski definition) is 4. The molecule has 2 aliphatic rings. The molecular formula is C24H27FN4OS. The SMILES string of the molecule is Fc1ccccc1-c1nn(CN(Cc2ccccc2)CC2CCCO2)c(=S)n1C1CC1. The van der Waals surface area contributed by atoms with E-state index in [1.807, 2.05) is 21.4 Å². The van der Waals surface area contributed by atoms with E-state index in [4.69, 9.17) is 22.1 Å². The Morgan fingerprint density at radius 1 is 1.06 bits per heavy atom. The third-order valence-electron chi connectivity index (χ3n) is 5.97. The molecule has 1 saturated heterocycles. The van der Waals surface area contributed by atoms with Crippen LogP contribution in [0.2, 0.25) is 0 Å². The highest BCUT2D eigenvalue weighted by molar-refractivity contribution is 7.71. The minimum atomic E-state index is -0.267. The molecule has 1 saturated carbocycles. The number of aromatic nitrogens is 3. The maximum Gasteiger partial charge on any atom is 0.199 e. The Morgan fingerprint density at radius 2 is 1.84 bits per heavy atom. The highest BCUT2D eigenvalue weighted by Crippen LogP contribution is 2.39. The second kappa shape index (κ2) is 9.02. The number of benzene rings is 2. The van der Waals surface area contributed by atoms with E-state index < -0.39 is 0 Å². The summed E-state index contributed by atoms with van der Waals surface area (Å²) in [6.07, 6.45) is 4.54. The van der Waals surface area contributed by atoms with Gasteiger partial charge in [-0.05, 0) is 55.6 Å². The number of halogens is 1. The summed E-state index contributed by atoms with van der Waals surface area (Å²) in [5.41, 5.74) is 1.75. The predicted molar refractivity (Wildman–Crippen MR) is 121 cm³/mol. The van der Waals surface area contributed by atoms with E-state index in [0.717, 1.165) is 45.4 Å². The molecule has 31 heavy (non-hydrogen) atoms. The van der Waals surface area contributed by atoms with Gasteiger partial charge in [-0.15, -0.1) is 0 Å². The molecule has 0 bridgehead atoms. The minimum absolute atomic E-state index is 0.231. The third kappa shape index (κ3) is 4.63. The van der Waals surface area contributed by atoms with Gasteiger partial charge in [-0.25, -0.2) is 9.07 Å². The first-order chi connectivity index (χ1) is 15.2. The first-order valence-corrected chi connectivity index (χ1v) is 11.4. The summed E-state index contributed by atoms with van der Waals surface area (Å²) in [7, 11) is 0. The van der Waals surface area contributed by atoms with E-state index in [2.05, 4.69) is 29.2 Å². The zero-order valence-electron chi connectivity index (χ0n) is 17.5. The Balaban J connectivity index is 1.46. The predicted octanol–water partition coefficient (Wildman–Crippen LogP) is 5.19. The first-order valence-electron chi connectivity index (χ1n) is 11.0. The molecule has 162 valence electrons. The van der Waals surface area contributed by atoms with Gasteiger partial charge in [-0.1, -0.05) is 42.5 Å². The summed E-state index contributed by atoms with van der Waals surface area (Å²) in [4.78, 5) is 2.33. The fraction of sp³-hybridized carbons (Fsp3) is 0.417. The van der Waals surface area contributed by atoms with Crippen molar-refractivity contribution < 1.29 is 9.13 Å². The lowest BCUT2D eigenvalue weighted by molar-refractivity contribution is 0.0567. The largest absolute Gasteiger partial charge is 0.377 e. The quantitative estimate of drug-likeness (QED) is 0.453. The van der Waals surface area contributed by atoms with Crippen LogP contribution in [0.15, 0.2) is 54.6 Å². The summed E-state index contributed by atoms with van der Waals surface area (Å²) in [6.45, 7) is 2.99. The van der Waals surface area contributed by atoms with E-state index in [9.17, 15) is 4.39 Å². The van der Waals surface area contributed by atoms with E-state index in [1.54, 1.807) is 12.1 Å². The number of rotatable bonds is 8. The molecule has 0 amide bonds. The Morgan fingerprint density at radius 3 is 2.55 bits per heavy atom. The van der Waals surface area contributed by atoms with Gasteiger partial charge in [0.25, 0.3) is 0 Å². The number of nitrogens with zero attached hydrogens (tertiary/aromatic N) is 4. The van der Waals surface area contributed by atoms with Crippen LogP contribution in [0.3, 0.4) is 0 Å². The molecule has 1 aliphatic heterocycles. The Hall–Kier alpha value is -2.35. The van der Waals surface area contributed by atoms with Crippen molar-refractivity contribution in [3.8, 4) is 11.4 Å². The Labute approximate surface area is 187 Å². The standard InChI is InChI=1S/C24H27FN4OS/c25-22-11-5-4-10-21(22)23-26-28(24(31)29(23)19-12-13-19)17-27(16-20-9-6-14-30-20)15-18-7-2-1-3-8-18/h1-5,7-8,10-11,19-20H,6,9,12-17H2. The number of hydrogen-bond donors (Lipinski definition) is 0. The van der Waals surface area contributed by atoms with Gasteiger partial charge < -0.3 is 4.74 Å². The Bertz CT molecular complexity index is 1090. The molecule has 0 radical (unpaired) electrons. The van der Waals surface area contributed by atoms with Crippen molar-refractivity contribution in [1.29, 1.82) is 0 Å². The first kappa shape index (κ1) is 20.5. The zero-order valence-corrected chi connectivity index (χ0v) is 18.3. The van der Waals surface area contributed by atoms with Crippen LogP contribution >= 0.6 is 12.2 Å². The molecule has 2 aromatic carbocycles. The molecule has 0 N–H and O–H groups in total. The van der Waals surface area contributed by atoms with Crippen molar-refractivity contribution in [1.82, 2.24) is 19.2 Å². The summed E-state index contributed by atoms with van der Waals surface area (Å²) in [6, 6.07) is 17.5. The molecule has 5 rings (SSSR count). The van der Waals surface area contributed by atoms with Crippen LogP contribution in [0, 0.1) is 10.6 Å². The van der Waals surface area contributed by atoms with Crippen LogP contribution in [0.5, 0.6) is 0 Å². The van der Waals surface area contributed by atoms with Crippen LogP contribution < -0.4 is 0 Å². The smallest absolute Gasteiger partial charge is 0.199 e. The van der Waals surface area contributed by atoms with Gasteiger partial charge in [0, 0.05) is 25.7 Å². The summed E-state index contributed by atoms with van der Waals surface area (Å²) >= 11 is 5.82. The summed E-state index contributed by atoms with van der Waals surface area (Å²) in [5.74, 6) is 0.361. The molecule has 5 nitrogen and oxygen atoms in total. The van der Waals surface area contributed by atoms with Crippen LogP contribution in [0.4, 0.5) is 4.39 Å². The highest BCUT2D eigenvalue weighted by Gasteiger charge is 2.30. The van der Waals surface area contributed by atoms with Gasteiger partial charge in [0.05, 0.1) is 18.3 Å². The normalized spacial score (nSPS) is 18.7. The van der Waals surface area contributed by atoms with Crippen LogP contribution in [0.25, 0.3) is 11.4 Å². The summed E-state index contributed by atoms with van der Waals surface area (Å²) in [5, 5.41) is 4.81. The van der Waals surface area contributed by atoms with E-state index in [0.29, 0.717) is 28.9 Å². The van der Waals surface area contributed by atoms with Gasteiger partial charge in [0.2, 0.25) is 0 Å². The molecule has 3 aromatic rings. The summed E-state index contributed by atoms with van der Waals surface area (Å²) < 4.78 is 25.0. The maximum atomic E-state index is 14.6. The topological polar surface area (TPSA) is 35.2 Å². The van der Waals surface area contributed by atoms with Gasteiger partial charge in [0.1, 0.15) is 5.82 Å². The fourth-order valence-electron chi connectivity index (χ4n) is 4.28.